The molecule has 4 rings (SSSR count). The van der Waals surface area contributed by atoms with Gasteiger partial charge >= 0.3 is 5.97 Å². The number of amides is 1. The Bertz CT molecular complexity index is 1050. The predicted octanol–water partition coefficient (Wildman–Crippen LogP) is 2.21. The molecule has 0 spiro atoms. The molecule has 1 fully saturated rings. The van der Waals surface area contributed by atoms with Crippen molar-refractivity contribution in [3.8, 4) is 0 Å². The summed E-state index contributed by atoms with van der Waals surface area (Å²) in [5, 5.41) is 19.0. The Morgan fingerprint density at radius 2 is 2.07 bits per heavy atom. The van der Waals surface area contributed by atoms with E-state index in [1.807, 2.05) is 38.1 Å². The number of methoxy groups -OCH3 is 1. The van der Waals surface area contributed by atoms with Gasteiger partial charge in [-0.1, -0.05) is 31.2 Å². The monoisotopic (exact) mass is 429 g/mol. The lowest BCUT2D eigenvalue weighted by Gasteiger charge is -2.29. The Balaban J connectivity index is 1.65. The Morgan fingerprint density at radius 3 is 2.77 bits per heavy atom. The summed E-state index contributed by atoms with van der Waals surface area (Å²) in [5.74, 6) is -0.911. The minimum atomic E-state index is -0.668. The Morgan fingerprint density at radius 1 is 1.30 bits per heavy atom. The van der Waals surface area contributed by atoms with Gasteiger partial charge < -0.3 is 14.7 Å². The predicted molar refractivity (Wildman–Crippen MR) is 110 cm³/mol. The van der Waals surface area contributed by atoms with Crippen LogP contribution in [-0.2, 0) is 9.53 Å². The molecule has 0 bridgehead atoms. The number of esters is 1. The number of hydrogen-bond donors (Lipinski definition) is 1. The summed E-state index contributed by atoms with van der Waals surface area (Å²) in [7, 11) is 1.26. The molecule has 2 aromatic heterocycles. The van der Waals surface area contributed by atoms with Crippen LogP contribution < -0.4 is 0 Å². The molecule has 0 aliphatic carbocycles. The molecule has 0 saturated carbocycles. The largest absolute Gasteiger partial charge is 0.464 e. The molecular weight excluding hydrogens is 406 g/mol. The number of nitrogens with zero attached hydrogens (tertiary/aromatic N) is 5. The number of ether oxygens (including phenoxy) is 1. The molecule has 1 aliphatic heterocycles. The van der Waals surface area contributed by atoms with Crippen molar-refractivity contribution in [3.63, 3.8) is 0 Å². The normalized spacial score (nSPS) is 20.1. The fourth-order valence-electron chi connectivity index (χ4n) is 3.81. The van der Waals surface area contributed by atoms with E-state index in [1.165, 1.54) is 29.3 Å². The number of rotatable bonds is 5. The molecule has 3 atom stereocenters. The number of hydrogen-bond acceptors (Lipinski definition) is 8. The van der Waals surface area contributed by atoms with Crippen molar-refractivity contribution >= 4 is 33.4 Å². The third-order valence-electron chi connectivity index (χ3n) is 5.23. The number of β-amino-alcohol motifs (C(OH)–C–C–N with tert-alkyl or cyclic N) is 1. The van der Waals surface area contributed by atoms with Gasteiger partial charge in [0.2, 0.25) is 5.91 Å². The van der Waals surface area contributed by atoms with Crippen LogP contribution in [0.4, 0.5) is 0 Å². The number of aliphatic hydroxyl groups is 1. The van der Waals surface area contributed by atoms with Crippen molar-refractivity contribution in [1.29, 1.82) is 0 Å². The smallest absolute Gasteiger partial charge is 0.360 e. The van der Waals surface area contributed by atoms with Crippen LogP contribution in [0.5, 0.6) is 0 Å². The SMILES string of the molecule is COC(=O)c1cn([C@H](C(=O)N2C[C@H](O)C[C@H]2c2nc3ccccc3s2)C(C)C)nn1. The highest BCUT2D eigenvalue weighted by Crippen LogP contribution is 2.38. The first-order valence-corrected chi connectivity index (χ1v) is 10.5. The maximum atomic E-state index is 13.6. The van der Waals surface area contributed by atoms with Gasteiger partial charge in [-0.2, -0.15) is 0 Å². The minimum absolute atomic E-state index is 0.0418. The van der Waals surface area contributed by atoms with Crippen molar-refractivity contribution in [3.05, 3.63) is 41.2 Å². The van der Waals surface area contributed by atoms with Gasteiger partial charge in [0.15, 0.2) is 5.69 Å². The first-order chi connectivity index (χ1) is 14.4. The van der Waals surface area contributed by atoms with Gasteiger partial charge in [0, 0.05) is 13.0 Å². The first-order valence-electron chi connectivity index (χ1n) is 9.73. The molecule has 1 aliphatic rings. The molecule has 10 heteroatoms. The molecular formula is C20H23N5O4S. The van der Waals surface area contributed by atoms with Gasteiger partial charge in [-0.15, -0.1) is 16.4 Å². The van der Waals surface area contributed by atoms with Crippen LogP contribution in [0.25, 0.3) is 10.2 Å². The summed E-state index contributed by atoms with van der Waals surface area (Å²) < 4.78 is 7.12. The quantitative estimate of drug-likeness (QED) is 0.619. The Labute approximate surface area is 177 Å². The van der Waals surface area contributed by atoms with Crippen molar-refractivity contribution in [2.45, 2.75) is 38.5 Å². The second-order valence-corrected chi connectivity index (χ2v) is 8.74. The number of para-hydroxylation sites is 1. The Kier molecular flexibility index (Phi) is 5.52. The summed E-state index contributed by atoms with van der Waals surface area (Å²) in [6.45, 7) is 4.03. The minimum Gasteiger partial charge on any atom is -0.464 e. The van der Waals surface area contributed by atoms with Crippen LogP contribution in [0.1, 0.15) is 47.8 Å². The number of aromatic nitrogens is 4. The lowest BCUT2D eigenvalue weighted by molar-refractivity contribution is -0.137. The molecule has 1 aromatic carbocycles. The van der Waals surface area contributed by atoms with Gasteiger partial charge in [-0.05, 0) is 18.1 Å². The van der Waals surface area contributed by atoms with E-state index in [9.17, 15) is 14.7 Å². The molecule has 0 unspecified atom stereocenters. The molecule has 1 saturated heterocycles. The van der Waals surface area contributed by atoms with Crippen molar-refractivity contribution in [1.82, 2.24) is 24.9 Å². The van der Waals surface area contributed by atoms with Gasteiger partial charge in [0.25, 0.3) is 0 Å². The molecule has 9 nitrogen and oxygen atoms in total. The summed E-state index contributed by atoms with van der Waals surface area (Å²) in [6.07, 6.45) is 1.23. The maximum absolute atomic E-state index is 13.6. The highest BCUT2D eigenvalue weighted by molar-refractivity contribution is 7.18. The van der Waals surface area contributed by atoms with E-state index < -0.39 is 18.1 Å². The van der Waals surface area contributed by atoms with Crippen LogP contribution in [-0.4, -0.2) is 61.6 Å². The third kappa shape index (κ3) is 3.68. The average Bonchev–Trinajstić information content (AvgIpc) is 3.44. The summed E-state index contributed by atoms with van der Waals surface area (Å²) in [4.78, 5) is 31.7. The number of fused-ring (bicyclic) bond motifs is 1. The van der Waals surface area contributed by atoms with Crippen molar-refractivity contribution in [2.24, 2.45) is 5.92 Å². The fraction of sp³-hybridized carbons (Fsp3) is 0.450. The molecule has 3 heterocycles. The molecule has 0 radical (unpaired) electrons. The van der Waals surface area contributed by atoms with Gasteiger partial charge in [-0.25, -0.2) is 14.5 Å². The summed E-state index contributed by atoms with van der Waals surface area (Å²) in [5.41, 5.74) is 0.922. The molecule has 158 valence electrons. The van der Waals surface area contributed by atoms with Crippen LogP contribution >= 0.6 is 11.3 Å². The number of aliphatic hydroxyl groups excluding tert-OH is 1. The molecule has 30 heavy (non-hydrogen) atoms. The van der Waals surface area contributed by atoms with Crippen molar-refractivity contribution < 1.29 is 19.4 Å². The highest BCUT2D eigenvalue weighted by atomic mass is 32.1. The second-order valence-electron chi connectivity index (χ2n) is 7.68. The summed E-state index contributed by atoms with van der Waals surface area (Å²) >= 11 is 1.53. The number of thiazole rings is 1. The molecule has 3 aromatic rings. The zero-order valence-corrected chi connectivity index (χ0v) is 17.7. The topological polar surface area (TPSA) is 110 Å². The van der Waals surface area contributed by atoms with E-state index in [1.54, 1.807) is 4.90 Å². The number of likely N-dealkylation sites (tertiary alicyclic amines) is 1. The van der Waals surface area contributed by atoms with E-state index in [-0.39, 0.29) is 30.1 Å². The number of carbonyl (C=O) groups excluding carboxylic acids is 2. The second kappa shape index (κ2) is 8.11. The Hall–Kier alpha value is -2.85. The van der Waals surface area contributed by atoms with Gasteiger partial charge in [-0.3, -0.25) is 4.79 Å². The van der Waals surface area contributed by atoms with E-state index in [4.69, 9.17) is 4.98 Å². The van der Waals surface area contributed by atoms with Crippen LogP contribution in [0.2, 0.25) is 0 Å². The van der Waals surface area contributed by atoms with E-state index in [0.717, 1.165) is 15.2 Å². The molecule has 1 amide bonds. The first kappa shape index (κ1) is 20.4. The zero-order chi connectivity index (χ0) is 21.4. The van der Waals surface area contributed by atoms with E-state index in [2.05, 4.69) is 15.0 Å². The lowest BCUT2D eigenvalue weighted by atomic mass is 10.0. The van der Waals surface area contributed by atoms with Crippen LogP contribution in [0.3, 0.4) is 0 Å². The van der Waals surface area contributed by atoms with Gasteiger partial charge in [0.05, 0.1) is 35.7 Å². The van der Waals surface area contributed by atoms with Crippen LogP contribution in [0, 0.1) is 5.92 Å². The van der Waals surface area contributed by atoms with E-state index >= 15 is 0 Å². The summed E-state index contributed by atoms with van der Waals surface area (Å²) in [6, 6.07) is 6.83. The number of carbonyl (C=O) groups is 2. The highest BCUT2D eigenvalue weighted by Gasteiger charge is 2.41. The number of benzene rings is 1. The average molecular weight is 430 g/mol. The standard InChI is InChI=1S/C20H23N5O4S/c1-11(2)17(25-10-14(22-23-25)20(28)29-3)19(27)24-9-12(26)8-15(24)18-21-13-6-4-5-7-16(13)30-18/h4-7,10-12,15,17,26H,8-9H2,1-3H3/t12-,15+,17+/m1/s1. The lowest BCUT2D eigenvalue weighted by Crippen LogP contribution is -2.40. The van der Waals surface area contributed by atoms with Crippen LogP contribution in [0.15, 0.2) is 30.5 Å². The zero-order valence-electron chi connectivity index (χ0n) is 16.9. The third-order valence-corrected chi connectivity index (χ3v) is 6.37. The van der Waals surface area contributed by atoms with Gasteiger partial charge in [0.1, 0.15) is 11.0 Å². The van der Waals surface area contributed by atoms with Crippen molar-refractivity contribution in [2.75, 3.05) is 13.7 Å². The van der Waals surface area contributed by atoms with E-state index in [0.29, 0.717) is 6.42 Å². The molecule has 1 N–H and O–H groups in total. The maximum Gasteiger partial charge on any atom is 0.360 e. The fourth-order valence-corrected chi connectivity index (χ4v) is 4.90.